The third kappa shape index (κ3) is 4.07. The van der Waals surface area contributed by atoms with E-state index in [1.54, 1.807) is 6.07 Å². The van der Waals surface area contributed by atoms with Crippen molar-refractivity contribution in [3.63, 3.8) is 0 Å². The maximum absolute atomic E-state index is 12.9. The Labute approximate surface area is 115 Å². The molecule has 0 saturated carbocycles. The molecule has 0 aliphatic carbocycles. The van der Waals surface area contributed by atoms with Gasteiger partial charge in [-0.05, 0) is 23.1 Å². The number of nitrogens with two attached hydrogens (primary N) is 1. The molecule has 0 unspecified atom stereocenters. The van der Waals surface area contributed by atoms with Gasteiger partial charge in [0, 0.05) is 11.0 Å². The Morgan fingerprint density at radius 2 is 2.11 bits per heavy atom. The van der Waals surface area contributed by atoms with Crippen LogP contribution in [-0.2, 0) is 11.3 Å². The molecule has 5 heteroatoms. The van der Waals surface area contributed by atoms with Crippen molar-refractivity contribution in [3.8, 4) is 0 Å². The fourth-order valence-electron chi connectivity index (χ4n) is 1.35. The zero-order valence-corrected chi connectivity index (χ0v) is 12.3. The van der Waals surface area contributed by atoms with E-state index >= 15 is 0 Å². The SMILES string of the molecule is CC(C)(C)[C@H](N)C(=O)NCc1ccc(F)cc1Br. The van der Waals surface area contributed by atoms with E-state index in [0.717, 1.165) is 5.56 Å². The molecule has 1 rings (SSSR count). The summed E-state index contributed by atoms with van der Waals surface area (Å²) in [6, 6.07) is 3.78. The van der Waals surface area contributed by atoms with Gasteiger partial charge in [0.05, 0.1) is 6.04 Å². The number of carbonyl (C=O) groups is 1. The van der Waals surface area contributed by atoms with Crippen molar-refractivity contribution in [2.75, 3.05) is 0 Å². The first-order valence-electron chi connectivity index (χ1n) is 5.69. The number of hydrogen-bond donors (Lipinski definition) is 2. The lowest BCUT2D eigenvalue weighted by Gasteiger charge is -2.25. The fraction of sp³-hybridized carbons (Fsp3) is 0.462. The van der Waals surface area contributed by atoms with Gasteiger partial charge in [-0.25, -0.2) is 4.39 Å². The summed E-state index contributed by atoms with van der Waals surface area (Å²) in [7, 11) is 0. The summed E-state index contributed by atoms with van der Waals surface area (Å²) in [6.07, 6.45) is 0. The third-order valence-corrected chi connectivity index (χ3v) is 3.42. The number of hydrogen-bond acceptors (Lipinski definition) is 2. The van der Waals surface area contributed by atoms with E-state index in [4.69, 9.17) is 5.73 Å². The maximum atomic E-state index is 12.9. The fourth-order valence-corrected chi connectivity index (χ4v) is 1.84. The molecular formula is C13H18BrFN2O. The van der Waals surface area contributed by atoms with Crippen LogP contribution in [0.3, 0.4) is 0 Å². The molecular weight excluding hydrogens is 299 g/mol. The summed E-state index contributed by atoms with van der Waals surface area (Å²) in [5.41, 5.74) is 6.36. The molecule has 0 aliphatic heterocycles. The van der Waals surface area contributed by atoms with Gasteiger partial charge in [-0.1, -0.05) is 42.8 Å². The second-order valence-corrected chi connectivity index (χ2v) is 6.15. The molecule has 1 amide bonds. The maximum Gasteiger partial charge on any atom is 0.237 e. The molecule has 1 aromatic rings. The summed E-state index contributed by atoms with van der Waals surface area (Å²) in [6.45, 7) is 6.05. The molecule has 1 atom stereocenters. The summed E-state index contributed by atoms with van der Waals surface area (Å²) in [4.78, 5) is 11.8. The molecule has 0 bridgehead atoms. The van der Waals surface area contributed by atoms with Crippen molar-refractivity contribution in [1.29, 1.82) is 0 Å². The van der Waals surface area contributed by atoms with E-state index in [2.05, 4.69) is 21.2 Å². The first-order valence-corrected chi connectivity index (χ1v) is 6.48. The van der Waals surface area contributed by atoms with Crippen LogP contribution in [0.2, 0.25) is 0 Å². The summed E-state index contributed by atoms with van der Waals surface area (Å²) < 4.78 is 13.5. The molecule has 3 nitrogen and oxygen atoms in total. The molecule has 1 aromatic carbocycles. The van der Waals surface area contributed by atoms with E-state index in [0.29, 0.717) is 11.0 Å². The van der Waals surface area contributed by atoms with Gasteiger partial charge in [0.15, 0.2) is 0 Å². The Balaban J connectivity index is 2.63. The van der Waals surface area contributed by atoms with Crippen molar-refractivity contribution < 1.29 is 9.18 Å². The van der Waals surface area contributed by atoms with Gasteiger partial charge < -0.3 is 11.1 Å². The number of rotatable bonds is 3. The zero-order chi connectivity index (χ0) is 13.9. The van der Waals surface area contributed by atoms with Crippen LogP contribution in [0, 0.1) is 11.2 Å². The number of benzene rings is 1. The first kappa shape index (κ1) is 15.1. The van der Waals surface area contributed by atoms with Crippen LogP contribution in [0.25, 0.3) is 0 Å². The number of carbonyl (C=O) groups excluding carboxylic acids is 1. The van der Waals surface area contributed by atoms with E-state index in [-0.39, 0.29) is 17.1 Å². The van der Waals surface area contributed by atoms with E-state index in [1.165, 1.54) is 12.1 Å². The second-order valence-electron chi connectivity index (χ2n) is 5.30. The molecule has 0 aromatic heterocycles. The van der Waals surface area contributed by atoms with Crippen molar-refractivity contribution in [3.05, 3.63) is 34.1 Å². The zero-order valence-electron chi connectivity index (χ0n) is 10.8. The van der Waals surface area contributed by atoms with Gasteiger partial charge in [0.1, 0.15) is 5.82 Å². The molecule has 0 fully saturated rings. The Bertz CT molecular complexity index is 443. The molecule has 0 aliphatic rings. The molecule has 18 heavy (non-hydrogen) atoms. The predicted molar refractivity (Wildman–Crippen MR) is 73.4 cm³/mol. The van der Waals surface area contributed by atoms with Crippen LogP contribution in [0.15, 0.2) is 22.7 Å². The average Bonchev–Trinajstić information content (AvgIpc) is 2.25. The van der Waals surface area contributed by atoms with Crippen LogP contribution in [-0.4, -0.2) is 11.9 Å². The highest BCUT2D eigenvalue weighted by molar-refractivity contribution is 9.10. The quantitative estimate of drug-likeness (QED) is 0.900. The molecule has 0 radical (unpaired) electrons. The van der Waals surface area contributed by atoms with Crippen LogP contribution >= 0.6 is 15.9 Å². The van der Waals surface area contributed by atoms with Gasteiger partial charge in [-0.3, -0.25) is 4.79 Å². The van der Waals surface area contributed by atoms with E-state index in [1.807, 2.05) is 20.8 Å². The largest absolute Gasteiger partial charge is 0.351 e. The molecule has 0 spiro atoms. The lowest BCUT2D eigenvalue weighted by Crippen LogP contribution is -2.48. The second kappa shape index (κ2) is 5.80. The molecule has 100 valence electrons. The summed E-state index contributed by atoms with van der Waals surface area (Å²) in [5, 5.41) is 2.75. The average molecular weight is 317 g/mol. The van der Waals surface area contributed by atoms with E-state index in [9.17, 15) is 9.18 Å². The van der Waals surface area contributed by atoms with Crippen LogP contribution in [0.5, 0.6) is 0 Å². The highest BCUT2D eigenvalue weighted by Crippen LogP contribution is 2.19. The van der Waals surface area contributed by atoms with Crippen LogP contribution < -0.4 is 11.1 Å². The van der Waals surface area contributed by atoms with Crippen molar-refractivity contribution in [1.82, 2.24) is 5.32 Å². The monoisotopic (exact) mass is 316 g/mol. The topological polar surface area (TPSA) is 55.1 Å². The smallest absolute Gasteiger partial charge is 0.237 e. The minimum Gasteiger partial charge on any atom is -0.351 e. The molecule has 0 saturated heterocycles. The third-order valence-electron chi connectivity index (χ3n) is 2.68. The van der Waals surface area contributed by atoms with Crippen molar-refractivity contribution in [2.24, 2.45) is 11.1 Å². The predicted octanol–water partition coefficient (Wildman–Crippen LogP) is 2.58. The highest BCUT2D eigenvalue weighted by Gasteiger charge is 2.27. The first-order chi connectivity index (χ1) is 8.21. The Morgan fingerprint density at radius 1 is 1.50 bits per heavy atom. The van der Waals surface area contributed by atoms with Crippen molar-refractivity contribution in [2.45, 2.75) is 33.4 Å². The summed E-state index contributed by atoms with van der Waals surface area (Å²) >= 11 is 3.25. The molecule has 0 heterocycles. The lowest BCUT2D eigenvalue weighted by atomic mass is 9.87. The van der Waals surface area contributed by atoms with Gasteiger partial charge in [-0.15, -0.1) is 0 Å². The number of halogens is 2. The van der Waals surface area contributed by atoms with Gasteiger partial charge >= 0.3 is 0 Å². The van der Waals surface area contributed by atoms with Crippen LogP contribution in [0.1, 0.15) is 26.3 Å². The standard InChI is InChI=1S/C13H18BrFN2O/c1-13(2,3)11(16)12(18)17-7-8-4-5-9(15)6-10(8)14/h4-6,11H,7,16H2,1-3H3,(H,17,18)/t11-/m1/s1. The van der Waals surface area contributed by atoms with E-state index < -0.39 is 6.04 Å². The van der Waals surface area contributed by atoms with Crippen molar-refractivity contribution >= 4 is 21.8 Å². The normalized spacial score (nSPS) is 13.2. The summed E-state index contributed by atoms with van der Waals surface area (Å²) in [5.74, 6) is -0.526. The number of nitrogens with one attached hydrogen (secondary N) is 1. The van der Waals surface area contributed by atoms with Gasteiger partial charge in [0.2, 0.25) is 5.91 Å². The van der Waals surface area contributed by atoms with Gasteiger partial charge in [0.25, 0.3) is 0 Å². The minimum absolute atomic E-state index is 0.210. The minimum atomic E-state index is -0.572. The Hall–Kier alpha value is -0.940. The van der Waals surface area contributed by atoms with Crippen LogP contribution in [0.4, 0.5) is 4.39 Å². The molecule has 3 N–H and O–H groups in total. The Morgan fingerprint density at radius 3 is 2.61 bits per heavy atom. The van der Waals surface area contributed by atoms with Gasteiger partial charge in [-0.2, -0.15) is 0 Å². The number of amides is 1. The lowest BCUT2D eigenvalue weighted by molar-refractivity contribution is -0.124. The Kier molecular flexibility index (Phi) is 4.87. The highest BCUT2D eigenvalue weighted by atomic mass is 79.9.